The maximum Gasteiger partial charge on any atom is 0.259 e. The summed E-state index contributed by atoms with van der Waals surface area (Å²) in [7, 11) is 0. The number of nitrogens with zero attached hydrogens (tertiary/aromatic N) is 3. The van der Waals surface area contributed by atoms with Gasteiger partial charge in [0.1, 0.15) is 5.82 Å². The van der Waals surface area contributed by atoms with Crippen LogP contribution in [0.25, 0.3) is 0 Å². The summed E-state index contributed by atoms with van der Waals surface area (Å²) < 4.78 is 1.85. The van der Waals surface area contributed by atoms with Gasteiger partial charge in [-0.2, -0.15) is 0 Å². The molecule has 3 heterocycles. The third-order valence-corrected chi connectivity index (χ3v) is 4.81. The standard InChI is InChI=1S/C19H22N4O/c1-12(2)16-17-14(11-21-16)19(24)23-9-8-20-15(18(23)22-17)10-13-6-4-3-5-7-13/h3-7,12,15,20H,8-11H2,1-2H3. The molecule has 0 aliphatic carbocycles. The summed E-state index contributed by atoms with van der Waals surface area (Å²) in [5.74, 6) is 1.13. The predicted octanol–water partition coefficient (Wildman–Crippen LogP) is 2.09. The van der Waals surface area contributed by atoms with Crippen LogP contribution in [0.15, 0.2) is 40.1 Å². The molecule has 0 radical (unpaired) electrons. The minimum Gasteiger partial charge on any atom is -0.305 e. The number of hydrogen-bond donors (Lipinski definition) is 1. The van der Waals surface area contributed by atoms with Crippen molar-refractivity contribution in [1.29, 1.82) is 0 Å². The quantitative estimate of drug-likeness (QED) is 0.941. The van der Waals surface area contributed by atoms with Crippen molar-refractivity contribution in [3.63, 3.8) is 0 Å². The third kappa shape index (κ3) is 2.49. The van der Waals surface area contributed by atoms with E-state index in [0.29, 0.717) is 13.1 Å². The van der Waals surface area contributed by atoms with Gasteiger partial charge in [-0.15, -0.1) is 0 Å². The summed E-state index contributed by atoms with van der Waals surface area (Å²) >= 11 is 0. The van der Waals surface area contributed by atoms with E-state index in [-0.39, 0.29) is 17.5 Å². The monoisotopic (exact) mass is 322 g/mol. The largest absolute Gasteiger partial charge is 0.305 e. The average Bonchev–Trinajstić information content (AvgIpc) is 3.01. The SMILES string of the molecule is CC(C)C1=NCc2c1nc1n(c2=O)CCNC1Cc1ccccc1. The minimum atomic E-state index is 0.0631. The fourth-order valence-electron chi connectivity index (χ4n) is 3.60. The molecule has 2 aromatic rings. The number of hydrogen-bond acceptors (Lipinski definition) is 4. The van der Waals surface area contributed by atoms with Gasteiger partial charge in [0, 0.05) is 13.1 Å². The minimum absolute atomic E-state index is 0.0631. The molecule has 24 heavy (non-hydrogen) atoms. The fourth-order valence-corrected chi connectivity index (χ4v) is 3.60. The third-order valence-electron chi connectivity index (χ3n) is 4.81. The van der Waals surface area contributed by atoms with Crippen LogP contribution in [0, 0.1) is 5.92 Å². The van der Waals surface area contributed by atoms with Crippen molar-refractivity contribution in [2.24, 2.45) is 10.9 Å². The van der Waals surface area contributed by atoms with E-state index in [4.69, 9.17) is 4.98 Å². The van der Waals surface area contributed by atoms with Crippen molar-refractivity contribution in [1.82, 2.24) is 14.9 Å². The number of rotatable bonds is 3. The maximum atomic E-state index is 12.9. The first-order chi connectivity index (χ1) is 11.6. The second-order valence-corrected chi connectivity index (χ2v) is 6.81. The Morgan fingerprint density at radius 2 is 2.08 bits per heavy atom. The van der Waals surface area contributed by atoms with E-state index in [1.54, 1.807) is 0 Å². The van der Waals surface area contributed by atoms with Crippen LogP contribution in [0.3, 0.4) is 0 Å². The van der Waals surface area contributed by atoms with E-state index in [9.17, 15) is 4.79 Å². The van der Waals surface area contributed by atoms with Gasteiger partial charge in [-0.25, -0.2) is 4.98 Å². The normalized spacial score (nSPS) is 19.1. The van der Waals surface area contributed by atoms with Crippen molar-refractivity contribution in [2.45, 2.75) is 39.4 Å². The van der Waals surface area contributed by atoms with Crippen LogP contribution in [-0.4, -0.2) is 21.8 Å². The molecule has 0 saturated heterocycles. The van der Waals surface area contributed by atoms with Crippen molar-refractivity contribution >= 4 is 5.71 Å². The van der Waals surface area contributed by atoms with Crippen molar-refractivity contribution in [3.05, 3.63) is 63.3 Å². The van der Waals surface area contributed by atoms with E-state index in [2.05, 4.69) is 36.3 Å². The molecule has 0 fully saturated rings. The molecule has 2 aliphatic heterocycles. The van der Waals surface area contributed by atoms with E-state index in [0.717, 1.165) is 35.8 Å². The van der Waals surface area contributed by atoms with Gasteiger partial charge in [0.15, 0.2) is 0 Å². The highest BCUT2D eigenvalue weighted by Crippen LogP contribution is 2.24. The summed E-state index contributed by atoms with van der Waals surface area (Å²) in [4.78, 5) is 22.4. The van der Waals surface area contributed by atoms with Crippen LogP contribution in [0.4, 0.5) is 0 Å². The smallest absolute Gasteiger partial charge is 0.259 e. The Balaban J connectivity index is 1.77. The lowest BCUT2D eigenvalue weighted by Gasteiger charge is -2.28. The first kappa shape index (κ1) is 15.3. The maximum absolute atomic E-state index is 12.9. The zero-order valence-electron chi connectivity index (χ0n) is 14.1. The first-order valence-corrected chi connectivity index (χ1v) is 8.60. The number of aliphatic imine (C=N–C) groups is 1. The molecule has 0 spiro atoms. The highest BCUT2D eigenvalue weighted by molar-refractivity contribution is 6.03. The number of aromatic nitrogens is 2. The van der Waals surface area contributed by atoms with Gasteiger partial charge in [-0.1, -0.05) is 44.2 Å². The molecule has 0 saturated carbocycles. The molecule has 5 nitrogen and oxygen atoms in total. The fraction of sp³-hybridized carbons (Fsp3) is 0.421. The second-order valence-electron chi connectivity index (χ2n) is 6.81. The molecule has 2 aliphatic rings. The van der Waals surface area contributed by atoms with Crippen molar-refractivity contribution in [3.8, 4) is 0 Å². The predicted molar refractivity (Wildman–Crippen MR) is 94.5 cm³/mol. The average molecular weight is 322 g/mol. The molecule has 0 amide bonds. The Bertz CT molecular complexity index is 852. The van der Waals surface area contributed by atoms with Crippen LogP contribution < -0.4 is 10.9 Å². The molecular weight excluding hydrogens is 300 g/mol. The molecule has 1 N–H and O–H groups in total. The van der Waals surface area contributed by atoms with Crippen LogP contribution in [0.2, 0.25) is 0 Å². The lowest BCUT2D eigenvalue weighted by Crippen LogP contribution is -2.43. The molecule has 1 unspecified atom stereocenters. The highest BCUT2D eigenvalue weighted by Gasteiger charge is 2.30. The Morgan fingerprint density at radius 1 is 1.29 bits per heavy atom. The van der Waals surface area contributed by atoms with Gasteiger partial charge in [0.25, 0.3) is 5.56 Å². The van der Waals surface area contributed by atoms with E-state index in [1.165, 1.54) is 5.56 Å². The molecular formula is C19H22N4O. The van der Waals surface area contributed by atoms with Crippen LogP contribution in [0.5, 0.6) is 0 Å². The highest BCUT2D eigenvalue weighted by atomic mass is 16.1. The van der Waals surface area contributed by atoms with Gasteiger partial charge in [0.05, 0.1) is 29.6 Å². The molecule has 4 rings (SSSR count). The first-order valence-electron chi connectivity index (χ1n) is 8.60. The lowest BCUT2D eigenvalue weighted by atomic mass is 10.0. The Hall–Kier alpha value is -2.27. The van der Waals surface area contributed by atoms with Crippen LogP contribution >= 0.6 is 0 Å². The van der Waals surface area contributed by atoms with Gasteiger partial charge in [-0.3, -0.25) is 14.4 Å². The van der Waals surface area contributed by atoms with E-state index < -0.39 is 0 Å². The molecule has 1 atom stereocenters. The molecule has 0 bridgehead atoms. The number of fused-ring (bicyclic) bond motifs is 2. The summed E-state index contributed by atoms with van der Waals surface area (Å²) in [6.45, 7) is 6.16. The van der Waals surface area contributed by atoms with E-state index in [1.807, 2.05) is 22.8 Å². The Morgan fingerprint density at radius 3 is 2.83 bits per heavy atom. The van der Waals surface area contributed by atoms with Gasteiger partial charge in [-0.05, 0) is 17.9 Å². The number of nitrogens with one attached hydrogen (secondary N) is 1. The molecule has 5 heteroatoms. The zero-order valence-corrected chi connectivity index (χ0v) is 14.1. The lowest BCUT2D eigenvalue weighted by molar-refractivity contribution is 0.394. The van der Waals surface area contributed by atoms with Gasteiger partial charge in [0.2, 0.25) is 0 Å². The number of benzene rings is 1. The molecule has 1 aromatic heterocycles. The zero-order chi connectivity index (χ0) is 16.7. The molecule has 124 valence electrons. The van der Waals surface area contributed by atoms with E-state index >= 15 is 0 Å². The Kier molecular flexibility index (Phi) is 3.81. The van der Waals surface area contributed by atoms with Crippen molar-refractivity contribution < 1.29 is 0 Å². The van der Waals surface area contributed by atoms with Crippen molar-refractivity contribution in [2.75, 3.05) is 6.54 Å². The second kappa shape index (κ2) is 5.98. The molecule has 1 aromatic carbocycles. The summed E-state index contributed by atoms with van der Waals surface area (Å²) in [5.41, 5.74) is 3.89. The van der Waals surface area contributed by atoms with Crippen LogP contribution in [-0.2, 0) is 19.5 Å². The van der Waals surface area contributed by atoms with Crippen LogP contribution in [0.1, 0.15) is 42.5 Å². The van der Waals surface area contributed by atoms with Gasteiger partial charge >= 0.3 is 0 Å². The van der Waals surface area contributed by atoms with Gasteiger partial charge < -0.3 is 5.32 Å². The Labute approximate surface area is 141 Å². The summed E-state index contributed by atoms with van der Waals surface area (Å²) in [6, 6.07) is 10.4. The summed E-state index contributed by atoms with van der Waals surface area (Å²) in [5, 5.41) is 3.52. The summed E-state index contributed by atoms with van der Waals surface area (Å²) in [6.07, 6.45) is 0.834. The topological polar surface area (TPSA) is 59.3 Å².